The van der Waals surface area contributed by atoms with Gasteiger partial charge in [-0.15, -0.1) is 0 Å². The van der Waals surface area contributed by atoms with Gasteiger partial charge in [-0.25, -0.2) is 0 Å². The molecule has 0 bridgehead atoms. The first kappa shape index (κ1) is 18.1. The van der Waals surface area contributed by atoms with Crippen LogP contribution in [0.1, 0.15) is 31.2 Å². The Hall–Kier alpha value is -1.75. The number of nitrogens with zero attached hydrogens (tertiary/aromatic N) is 2. The molecule has 0 unspecified atom stereocenters. The maximum Gasteiger partial charge on any atom is 0.222 e. The number of rotatable bonds is 7. The Morgan fingerprint density at radius 2 is 1.88 bits per heavy atom. The van der Waals surface area contributed by atoms with Gasteiger partial charge in [0.15, 0.2) is 11.5 Å². The molecule has 1 aliphatic carbocycles. The first-order valence-electron chi connectivity index (χ1n) is 9.40. The van der Waals surface area contributed by atoms with Gasteiger partial charge in [0, 0.05) is 32.6 Å². The van der Waals surface area contributed by atoms with Gasteiger partial charge < -0.3 is 19.3 Å². The average molecular weight is 346 g/mol. The summed E-state index contributed by atoms with van der Waals surface area (Å²) >= 11 is 0. The van der Waals surface area contributed by atoms with Crippen molar-refractivity contribution in [1.29, 1.82) is 0 Å². The standard InChI is InChI=1S/C20H30N2O3/c1-24-18-8-6-16(14-19(18)25-2)7-9-20(23)22-11-3-10-21(12-13-22)15-17-4-5-17/h6,8,14,17H,3-5,7,9-13,15H2,1-2H3. The second-order valence-electron chi connectivity index (χ2n) is 7.17. The fourth-order valence-electron chi connectivity index (χ4n) is 3.51. The lowest BCUT2D eigenvalue weighted by Gasteiger charge is -2.22. The lowest BCUT2D eigenvalue weighted by atomic mass is 10.1. The molecule has 0 spiro atoms. The highest BCUT2D eigenvalue weighted by molar-refractivity contribution is 5.76. The van der Waals surface area contributed by atoms with Crippen LogP contribution in [0.5, 0.6) is 11.5 Å². The Balaban J connectivity index is 1.48. The van der Waals surface area contributed by atoms with Crippen LogP contribution in [0, 0.1) is 5.92 Å². The molecule has 1 saturated heterocycles. The van der Waals surface area contributed by atoms with Crippen molar-refractivity contribution in [3.05, 3.63) is 23.8 Å². The van der Waals surface area contributed by atoms with E-state index in [1.54, 1.807) is 14.2 Å². The van der Waals surface area contributed by atoms with Crippen molar-refractivity contribution >= 4 is 5.91 Å². The van der Waals surface area contributed by atoms with Crippen molar-refractivity contribution in [3.8, 4) is 11.5 Å². The SMILES string of the molecule is COc1ccc(CCC(=O)N2CCCN(CC3CC3)CC2)cc1OC. The molecule has 138 valence electrons. The lowest BCUT2D eigenvalue weighted by Crippen LogP contribution is -2.35. The minimum atomic E-state index is 0.267. The molecule has 0 N–H and O–H groups in total. The summed E-state index contributed by atoms with van der Waals surface area (Å²) in [7, 11) is 3.27. The van der Waals surface area contributed by atoms with Crippen LogP contribution in [0.3, 0.4) is 0 Å². The predicted octanol–water partition coefficient (Wildman–Crippen LogP) is 2.58. The summed E-state index contributed by atoms with van der Waals surface area (Å²) in [5.41, 5.74) is 1.11. The van der Waals surface area contributed by atoms with Crippen LogP contribution in [0.25, 0.3) is 0 Å². The molecule has 0 atom stereocenters. The molecular weight excluding hydrogens is 316 g/mol. The predicted molar refractivity (Wildman–Crippen MR) is 98.2 cm³/mol. The number of amides is 1. The molecule has 25 heavy (non-hydrogen) atoms. The van der Waals surface area contributed by atoms with Crippen molar-refractivity contribution in [2.45, 2.75) is 32.1 Å². The molecule has 1 aromatic carbocycles. The Labute approximate surface area is 150 Å². The van der Waals surface area contributed by atoms with Crippen molar-refractivity contribution in [3.63, 3.8) is 0 Å². The molecule has 5 nitrogen and oxygen atoms in total. The molecule has 3 rings (SSSR count). The second-order valence-corrected chi connectivity index (χ2v) is 7.17. The maximum absolute atomic E-state index is 12.6. The maximum atomic E-state index is 12.6. The van der Waals surface area contributed by atoms with Crippen LogP contribution in [0.15, 0.2) is 18.2 Å². The normalized spacial score (nSPS) is 18.7. The third-order valence-corrected chi connectivity index (χ3v) is 5.23. The lowest BCUT2D eigenvalue weighted by molar-refractivity contribution is -0.131. The molecule has 1 aromatic rings. The summed E-state index contributed by atoms with van der Waals surface area (Å²) in [5, 5.41) is 0. The first-order valence-corrected chi connectivity index (χ1v) is 9.40. The van der Waals surface area contributed by atoms with Crippen LogP contribution < -0.4 is 9.47 Å². The van der Waals surface area contributed by atoms with Crippen LogP contribution in [-0.4, -0.2) is 62.7 Å². The number of carbonyl (C=O) groups is 1. The minimum Gasteiger partial charge on any atom is -0.493 e. The monoisotopic (exact) mass is 346 g/mol. The zero-order valence-electron chi connectivity index (χ0n) is 15.5. The number of hydrogen-bond donors (Lipinski definition) is 0. The first-order chi connectivity index (χ1) is 12.2. The summed E-state index contributed by atoms with van der Waals surface area (Å²) in [4.78, 5) is 17.2. The molecule has 0 aromatic heterocycles. The number of hydrogen-bond acceptors (Lipinski definition) is 4. The molecule has 1 heterocycles. The third-order valence-electron chi connectivity index (χ3n) is 5.23. The van der Waals surface area contributed by atoms with Gasteiger partial charge in [-0.3, -0.25) is 4.79 Å². The van der Waals surface area contributed by atoms with Crippen molar-refractivity contribution < 1.29 is 14.3 Å². The van der Waals surface area contributed by atoms with Gasteiger partial charge in [-0.1, -0.05) is 6.07 Å². The van der Waals surface area contributed by atoms with Crippen LogP contribution in [0.4, 0.5) is 0 Å². The van der Waals surface area contributed by atoms with Gasteiger partial charge in [0.1, 0.15) is 0 Å². The van der Waals surface area contributed by atoms with E-state index in [-0.39, 0.29) is 5.91 Å². The van der Waals surface area contributed by atoms with Crippen LogP contribution in [-0.2, 0) is 11.2 Å². The molecule has 5 heteroatoms. The summed E-state index contributed by atoms with van der Waals surface area (Å²) in [6.07, 6.45) is 5.17. The number of aryl methyl sites for hydroxylation is 1. The summed E-state index contributed by atoms with van der Waals surface area (Å²) < 4.78 is 10.6. The second kappa shape index (κ2) is 8.56. The Morgan fingerprint density at radius 1 is 1.08 bits per heavy atom. The summed E-state index contributed by atoms with van der Waals surface area (Å²) in [5.74, 6) is 2.63. The van der Waals surface area contributed by atoms with E-state index in [4.69, 9.17) is 9.47 Å². The molecule has 0 radical (unpaired) electrons. The topological polar surface area (TPSA) is 42.0 Å². The molecule has 2 fully saturated rings. The molecule has 2 aliphatic rings. The van der Waals surface area contributed by atoms with Gasteiger partial charge >= 0.3 is 0 Å². The van der Waals surface area contributed by atoms with E-state index in [0.29, 0.717) is 6.42 Å². The molecule has 1 aliphatic heterocycles. The fourth-order valence-corrected chi connectivity index (χ4v) is 3.51. The fraction of sp³-hybridized carbons (Fsp3) is 0.650. The summed E-state index contributed by atoms with van der Waals surface area (Å²) in [6, 6.07) is 5.88. The van der Waals surface area contributed by atoms with Gasteiger partial charge in [0.2, 0.25) is 5.91 Å². The molecule has 1 amide bonds. The van der Waals surface area contributed by atoms with Gasteiger partial charge in [0.25, 0.3) is 0 Å². The Morgan fingerprint density at radius 3 is 2.60 bits per heavy atom. The van der Waals surface area contributed by atoms with Crippen LogP contribution in [0.2, 0.25) is 0 Å². The zero-order chi connectivity index (χ0) is 17.6. The zero-order valence-corrected chi connectivity index (χ0v) is 15.5. The number of ether oxygens (including phenoxy) is 2. The Bertz CT molecular complexity index is 586. The van der Waals surface area contributed by atoms with E-state index in [9.17, 15) is 4.79 Å². The van der Waals surface area contributed by atoms with Crippen molar-refractivity contribution in [2.75, 3.05) is 46.9 Å². The highest BCUT2D eigenvalue weighted by Gasteiger charge is 2.26. The number of methoxy groups -OCH3 is 2. The average Bonchev–Trinajstić information content (AvgIpc) is 3.47. The number of benzene rings is 1. The minimum absolute atomic E-state index is 0.267. The highest BCUT2D eigenvalue weighted by atomic mass is 16.5. The largest absolute Gasteiger partial charge is 0.493 e. The Kier molecular flexibility index (Phi) is 6.19. The molecule has 1 saturated carbocycles. The highest BCUT2D eigenvalue weighted by Crippen LogP contribution is 2.30. The smallest absolute Gasteiger partial charge is 0.222 e. The van der Waals surface area contributed by atoms with E-state index < -0.39 is 0 Å². The van der Waals surface area contributed by atoms with E-state index in [1.807, 2.05) is 23.1 Å². The molecular formula is C20H30N2O3. The van der Waals surface area contributed by atoms with Crippen molar-refractivity contribution in [1.82, 2.24) is 9.80 Å². The van der Waals surface area contributed by atoms with E-state index in [2.05, 4.69) is 4.90 Å². The van der Waals surface area contributed by atoms with E-state index in [0.717, 1.165) is 62.0 Å². The third kappa shape index (κ3) is 5.11. The van der Waals surface area contributed by atoms with Gasteiger partial charge in [-0.05, 0) is 55.8 Å². The van der Waals surface area contributed by atoms with Crippen LogP contribution >= 0.6 is 0 Å². The van der Waals surface area contributed by atoms with Gasteiger partial charge in [-0.2, -0.15) is 0 Å². The van der Waals surface area contributed by atoms with E-state index in [1.165, 1.54) is 19.4 Å². The quantitative estimate of drug-likeness (QED) is 0.761. The summed E-state index contributed by atoms with van der Waals surface area (Å²) in [6.45, 7) is 5.16. The van der Waals surface area contributed by atoms with E-state index >= 15 is 0 Å². The van der Waals surface area contributed by atoms with Crippen molar-refractivity contribution in [2.24, 2.45) is 5.92 Å². The van der Waals surface area contributed by atoms with Gasteiger partial charge in [0.05, 0.1) is 14.2 Å². The number of carbonyl (C=O) groups excluding carboxylic acids is 1.